The standard InChI is InChI=1S/C26H25ClF3N3O3/c27-22-20-12-18(17-6-7-17)13-21(26(28,29)30)33(20)31-23(22)24(34)32-10-8-25(9-11-32)35-14-19(15-36-25)16-4-2-1-3-5-16/h1-5,12-13,17,19H,6-11,14-15H2. The van der Waals surface area contributed by atoms with Crippen LogP contribution in [0.15, 0.2) is 42.5 Å². The van der Waals surface area contributed by atoms with Gasteiger partial charge in [0.05, 0.1) is 23.8 Å². The molecule has 1 aliphatic carbocycles. The number of likely N-dealkylation sites (tertiary alicyclic amines) is 1. The molecule has 6 rings (SSSR count). The van der Waals surface area contributed by atoms with Gasteiger partial charge in [-0.3, -0.25) is 4.79 Å². The van der Waals surface area contributed by atoms with Crippen LogP contribution in [-0.4, -0.2) is 52.5 Å². The number of hydrogen-bond donors (Lipinski definition) is 0. The number of benzene rings is 1. The summed E-state index contributed by atoms with van der Waals surface area (Å²) in [6.45, 7) is 1.72. The largest absolute Gasteiger partial charge is 0.433 e. The Bertz CT molecular complexity index is 1290. The number of piperidine rings is 1. The van der Waals surface area contributed by atoms with Gasteiger partial charge in [0.15, 0.2) is 11.5 Å². The number of hydrogen-bond acceptors (Lipinski definition) is 4. The van der Waals surface area contributed by atoms with Crippen molar-refractivity contribution in [2.75, 3.05) is 26.3 Å². The molecular weight excluding hydrogens is 495 g/mol. The summed E-state index contributed by atoms with van der Waals surface area (Å²) in [5.74, 6) is -1.00. The molecule has 3 aromatic rings. The fourth-order valence-corrected chi connectivity index (χ4v) is 5.38. The molecule has 3 aliphatic rings. The van der Waals surface area contributed by atoms with Gasteiger partial charge in [0.25, 0.3) is 5.91 Å². The number of ether oxygens (including phenoxy) is 2. The molecule has 1 saturated carbocycles. The summed E-state index contributed by atoms with van der Waals surface area (Å²) in [6.07, 6.45) is -2.01. The van der Waals surface area contributed by atoms with Crippen LogP contribution in [-0.2, 0) is 15.7 Å². The number of aromatic nitrogens is 2. The van der Waals surface area contributed by atoms with Gasteiger partial charge in [-0.25, -0.2) is 4.52 Å². The number of rotatable bonds is 3. The molecule has 190 valence electrons. The highest BCUT2D eigenvalue weighted by Crippen LogP contribution is 2.44. The van der Waals surface area contributed by atoms with E-state index in [9.17, 15) is 18.0 Å². The van der Waals surface area contributed by atoms with Crippen LogP contribution in [0.1, 0.15) is 64.8 Å². The predicted octanol–water partition coefficient (Wildman–Crippen LogP) is 5.65. The zero-order valence-electron chi connectivity index (χ0n) is 19.4. The maximum atomic E-state index is 13.8. The molecular formula is C26H25ClF3N3O3. The molecule has 10 heteroatoms. The molecule has 3 fully saturated rings. The monoisotopic (exact) mass is 519 g/mol. The summed E-state index contributed by atoms with van der Waals surface area (Å²) >= 11 is 6.46. The number of carbonyl (C=O) groups excluding carboxylic acids is 1. The van der Waals surface area contributed by atoms with Crippen molar-refractivity contribution in [2.24, 2.45) is 0 Å². The van der Waals surface area contributed by atoms with E-state index in [-0.39, 0.29) is 28.1 Å². The van der Waals surface area contributed by atoms with Crippen LogP contribution in [0.2, 0.25) is 5.02 Å². The van der Waals surface area contributed by atoms with Gasteiger partial charge < -0.3 is 14.4 Å². The Morgan fingerprint density at radius 1 is 1.00 bits per heavy atom. The fourth-order valence-electron chi connectivity index (χ4n) is 5.13. The fraction of sp³-hybridized carbons (Fsp3) is 0.462. The Kier molecular flexibility index (Phi) is 5.77. The third kappa shape index (κ3) is 4.27. The van der Waals surface area contributed by atoms with Crippen molar-refractivity contribution in [1.82, 2.24) is 14.5 Å². The van der Waals surface area contributed by atoms with Crippen LogP contribution in [0.25, 0.3) is 5.52 Å². The van der Waals surface area contributed by atoms with Crippen LogP contribution in [0.4, 0.5) is 13.2 Å². The summed E-state index contributed by atoms with van der Waals surface area (Å²) in [5.41, 5.74) is 0.759. The quantitative estimate of drug-likeness (QED) is 0.449. The molecule has 0 radical (unpaired) electrons. The van der Waals surface area contributed by atoms with Crippen LogP contribution in [0.3, 0.4) is 0 Å². The molecule has 0 atom stereocenters. The second-order valence-electron chi connectivity index (χ2n) is 9.84. The highest BCUT2D eigenvalue weighted by Gasteiger charge is 2.43. The van der Waals surface area contributed by atoms with Crippen molar-refractivity contribution in [3.63, 3.8) is 0 Å². The Morgan fingerprint density at radius 2 is 1.67 bits per heavy atom. The molecule has 1 spiro atoms. The SMILES string of the molecule is O=C(c1nn2c(C(F)(F)F)cc(C3CC3)cc2c1Cl)N1CCC2(CC1)OCC(c1ccccc1)CO2. The first-order valence-electron chi connectivity index (χ1n) is 12.2. The molecule has 0 unspecified atom stereocenters. The molecule has 0 bridgehead atoms. The van der Waals surface area contributed by atoms with Crippen molar-refractivity contribution in [3.05, 3.63) is 70.0 Å². The van der Waals surface area contributed by atoms with E-state index >= 15 is 0 Å². The number of alkyl halides is 3. The van der Waals surface area contributed by atoms with E-state index in [1.54, 1.807) is 11.0 Å². The van der Waals surface area contributed by atoms with Crippen LogP contribution < -0.4 is 0 Å². The molecule has 1 aromatic carbocycles. The summed E-state index contributed by atoms with van der Waals surface area (Å²) in [5, 5.41) is 3.98. The third-order valence-electron chi connectivity index (χ3n) is 7.42. The summed E-state index contributed by atoms with van der Waals surface area (Å²) in [7, 11) is 0. The first-order valence-corrected chi connectivity index (χ1v) is 12.5. The summed E-state index contributed by atoms with van der Waals surface area (Å²) < 4.78 is 54.4. The van der Waals surface area contributed by atoms with E-state index in [0.29, 0.717) is 44.7 Å². The first kappa shape index (κ1) is 23.8. The minimum Gasteiger partial charge on any atom is -0.349 e. The highest BCUT2D eigenvalue weighted by molar-refractivity contribution is 6.36. The van der Waals surface area contributed by atoms with Gasteiger partial charge in [0, 0.05) is 31.8 Å². The molecule has 2 saturated heterocycles. The van der Waals surface area contributed by atoms with Gasteiger partial charge in [-0.1, -0.05) is 41.9 Å². The molecule has 36 heavy (non-hydrogen) atoms. The second kappa shape index (κ2) is 8.75. The average Bonchev–Trinajstić information content (AvgIpc) is 3.68. The van der Waals surface area contributed by atoms with Crippen molar-refractivity contribution >= 4 is 23.0 Å². The summed E-state index contributed by atoms with van der Waals surface area (Å²) in [6, 6.07) is 12.8. The maximum Gasteiger partial charge on any atom is 0.433 e. The molecule has 2 aromatic heterocycles. The predicted molar refractivity (Wildman–Crippen MR) is 126 cm³/mol. The maximum absolute atomic E-state index is 13.8. The van der Waals surface area contributed by atoms with Gasteiger partial charge in [-0.15, -0.1) is 0 Å². The van der Waals surface area contributed by atoms with Crippen LogP contribution in [0, 0.1) is 0 Å². The molecule has 4 heterocycles. The van der Waals surface area contributed by atoms with Crippen LogP contribution >= 0.6 is 11.6 Å². The zero-order valence-corrected chi connectivity index (χ0v) is 20.2. The molecule has 2 aliphatic heterocycles. The lowest BCUT2D eigenvalue weighted by atomic mass is 9.96. The van der Waals surface area contributed by atoms with Gasteiger partial charge in [0.1, 0.15) is 5.69 Å². The molecule has 1 amide bonds. The Hall–Kier alpha value is -2.62. The third-order valence-corrected chi connectivity index (χ3v) is 7.79. The van der Waals surface area contributed by atoms with Gasteiger partial charge in [-0.2, -0.15) is 18.3 Å². The van der Waals surface area contributed by atoms with Crippen LogP contribution in [0.5, 0.6) is 0 Å². The van der Waals surface area contributed by atoms with Crippen molar-refractivity contribution in [2.45, 2.75) is 49.5 Å². The topological polar surface area (TPSA) is 56.1 Å². The lowest BCUT2D eigenvalue weighted by molar-refractivity contribution is -0.287. The van der Waals surface area contributed by atoms with Gasteiger partial charge in [-0.05, 0) is 42.0 Å². The number of pyridine rings is 1. The van der Waals surface area contributed by atoms with E-state index in [4.69, 9.17) is 21.1 Å². The number of carbonyl (C=O) groups is 1. The van der Waals surface area contributed by atoms with E-state index in [2.05, 4.69) is 5.10 Å². The smallest absolute Gasteiger partial charge is 0.349 e. The molecule has 6 nitrogen and oxygen atoms in total. The Labute approximate surface area is 210 Å². The second-order valence-corrected chi connectivity index (χ2v) is 10.2. The van der Waals surface area contributed by atoms with E-state index in [1.165, 1.54) is 0 Å². The minimum absolute atomic E-state index is 0.0517. The van der Waals surface area contributed by atoms with Crippen molar-refractivity contribution in [3.8, 4) is 0 Å². The number of nitrogens with zero attached hydrogens (tertiary/aromatic N) is 3. The Balaban J connectivity index is 1.18. The number of fused-ring (bicyclic) bond motifs is 1. The van der Waals surface area contributed by atoms with E-state index < -0.39 is 23.6 Å². The number of amides is 1. The number of halogens is 4. The van der Waals surface area contributed by atoms with E-state index in [0.717, 1.165) is 29.0 Å². The highest BCUT2D eigenvalue weighted by atomic mass is 35.5. The lowest BCUT2D eigenvalue weighted by Gasteiger charge is -2.45. The molecule has 0 N–H and O–H groups in total. The first-order chi connectivity index (χ1) is 17.2. The Morgan fingerprint density at radius 3 is 2.28 bits per heavy atom. The lowest BCUT2D eigenvalue weighted by Crippen LogP contribution is -2.52. The zero-order chi connectivity index (χ0) is 25.1. The van der Waals surface area contributed by atoms with E-state index in [1.807, 2.05) is 30.3 Å². The van der Waals surface area contributed by atoms with Gasteiger partial charge in [0.2, 0.25) is 0 Å². The van der Waals surface area contributed by atoms with Crippen molar-refractivity contribution < 1.29 is 27.4 Å². The average molecular weight is 520 g/mol. The normalized spacial score (nSPS) is 20.8. The summed E-state index contributed by atoms with van der Waals surface area (Å²) in [4.78, 5) is 14.9. The minimum atomic E-state index is -4.62. The van der Waals surface area contributed by atoms with Crippen molar-refractivity contribution in [1.29, 1.82) is 0 Å². The van der Waals surface area contributed by atoms with Gasteiger partial charge >= 0.3 is 6.18 Å².